The Hall–Kier alpha value is -3.49. The molecule has 0 bridgehead atoms. The maximum absolute atomic E-state index is 13.1. The summed E-state index contributed by atoms with van der Waals surface area (Å²) >= 11 is 0. The van der Waals surface area contributed by atoms with Crippen LogP contribution in [0.4, 0.5) is 5.69 Å². The van der Waals surface area contributed by atoms with E-state index in [1.807, 2.05) is 18.2 Å². The van der Waals surface area contributed by atoms with Gasteiger partial charge in [-0.1, -0.05) is 6.07 Å². The van der Waals surface area contributed by atoms with Crippen LogP contribution in [0, 0.1) is 10.1 Å². The minimum absolute atomic E-state index is 0.0148. The summed E-state index contributed by atoms with van der Waals surface area (Å²) in [7, 11) is 2.81. The van der Waals surface area contributed by atoms with Gasteiger partial charge in [-0.3, -0.25) is 14.9 Å². The SMILES string of the molecule is COc1cc(C(=O)N2CCC(c3ccc4c(c3)OCO4)C2)c([N+](=O)[O-])cc1OC. The molecule has 1 fully saturated rings. The number of carbonyl (C=O) groups is 1. The Balaban J connectivity index is 1.58. The van der Waals surface area contributed by atoms with Crippen molar-refractivity contribution >= 4 is 11.6 Å². The topological polar surface area (TPSA) is 100 Å². The second-order valence-electron chi connectivity index (χ2n) is 6.83. The Labute approximate surface area is 166 Å². The summed E-state index contributed by atoms with van der Waals surface area (Å²) in [6.07, 6.45) is 0.756. The van der Waals surface area contributed by atoms with Gasteiger partial charge in [0, 0.05) is 25.1 Å². The number of rotatable bonds is 5. The highest BCUT2D eigenvalue weighted by Crippen LogP contribution is 2.39. The molecule has 0 radical (unpaired) electrons. The van der Waals surface area contributed by atoms with Gasteiger partial charge >= 0.3 is 0 Å². The highest BCUT2D eigenvalue weighted by Gasteiger charge is 2.33. The molecule has 2 aliphatic heterocycles. The van der Waals surface area contributed by atoms with Gasteiger partial charge in [0.25, 0.3) is 11.6 Å². The highest BCUT2D eigenvalue weighted by atomic mass is 16.7. The molecule has 2 aromatic rings. The first kappa shape index (κ1) is 18.9. The summed E-state index contributed by atoms with van der Waals surface area (Å²) in [5.41, 5.74) is 0.726. The molecule has 9 nitrogen and oxygen atoms in total. The maximum atomic E-state index is 13.1. The summed E-state index contributed by atoms with van der Waals surface area (Å²) in [6.45, 7) is 1.17. The lowest BCUT2D eigenvalue weighted by Gasteiger charge is -2.18. The summed E-state index contributed by atoms with van der Waals surface area (Å²) < 4.78 is 21.1. The van der Waals surface area contributed by atoms with E-state index in [1.54, 1.807) is 4.90 Å². The van der Waals surface area contributed by atoms with E-state index in [0.29, 0.717) is 24.6 Å². The number of amides is 1. The molecule has 0 aromatic heterocycles. The van der Waals surface area contributed by atoms with Crippen LogP contribution in [0.15, 0.2) is 30.3 Å². The van der Waals surface area contributed by atoms with E-state index in [2.05, 4.69) is 0 Å². The van der Waals surface area contributed by atoms with Crippen molar-refractivity contribution in [3.05, 3.63) is 51.6 Å². The van der Waals surface area contributed by atoms with Crippen LogP contribution in [0.5, 0.6) is 23.0 Å². The second kappa shape index (κ2) is 7.50. The molecule has 0 spiro atoms. The van der Waals surface area contributed by atoms with Gasteiger partial charge in [0.15, 0.2) is 23.0 Å². The minimum atomic E-state index is -0.583. The van der Waals surface area contributed by atoms with Crippen LogP contribution in [0.3, 0.4) is 0 Å². The van der Waals surface area contributed by atoms with Crippen molar-refractivity contribution in [3.63, 3.8) is 0 Å². The van der Waals surface area contributed by atoms with Gasteiger partial charge in [0.05, 0.1) is 25.2 Å². The van der Waals surface area contributed by atoms with Crippen LogP contribution in [-0.2, 0) is 0 Å². The molecule has 0 aliphatic carbocycles. The number of methoxy groups -OCH3 is 2. The third-order valence-electron chi connectivity index (χ3n) is 5.27. The molecule has 1 saturated heterocycles. The number of fused-ring (bicyclic) bond motifs is 1. The Morgan fingerprint density at radius 2 is 1.86 bits per heavy atom. The van der Waals surface area contributed by atoms with E-state index in [4.69, 9.17) is 18.9 Å². The lowest BCUT2D eigenvalue weighted by atomic mass is 9.98. The number of likely N-dealkylation sites (tertiary alicyclic amines) is 1. The van der Waals surface area contributed by atoms with Crippen molar-refractivity contribution in [2.24, 2.45) is 0 Å². The molecule has 1 amide bonds. The first-order valence-corrected chi connectivity index (χ1v) is 9.11. The van der Waals surface area contributed by atoms with Crippen molar-refractivity contribution < 1.29 is 28.7 Å². The zero-order valence-corrected chi connectivity index (χ0v) is 16.0. The first-order valence-electron chi connectivity index (χ1n) is 9.11. The van der Waals surface area contributed by atoms with Crippen molar-refractivity contribution in [2.75, 3.05) is 34.1 Å². The lowest BCUT2D eigenvalue weighted by molar-refractivity contribution is -0.385. The number of benzene rings is 2. The summed E-state index contributed by atoms with van der Waals surface area (Å²) in [5, 5.41) is 11.5. The lowest BCUT2D eigenvalue weighted by Crippen LogP contribution is -2.29. The Morgan fingerprint density at radius 3 is 2.59 bits per heavy atom. The molecule has 2 heterocycles. The van der Waals surface area contributed by atoms with Crippen molar-refractivity contribution in [3.8, 4) is 23.0 Å². The van der Waals surface area contributed by atoms with E-state index in [-0.39, 0.29) is 35.5 Å². The molecule has 0 saturated carbocycles. The normalized spacial score (nSPS) is 17.3. The van der Waals surface area contributed by atoms with Crippen LogP contribution < -0.4 is 18.9 Å². The fourth-order valence-electron chi connectivity index (χ4n) is 3.74. The number of nitro benzene ring substituents is 1. The fraction of sp³-hybridized carbons (Fsp3) is 0.350. The van der Waals surface area contributed by atoms with Gasteiger partial charge < -0.3 is 23.8 Å². The number of nitro groups is 1. The van der Waals surface area contributed by atoms with Gasteiger partial charge in [-0.15, -0.1) is 0 Å². The summed E-state index contributed by atoms with van der Waals surface area (Å²) in [5.74, 6) is 1.60. The summed E-state index contributed by atoms with van der Waals surface area (Å²) in [4.78, 5) is 25.6. The molecular formula is C20H20N2O7. The van der Waals surface area contributed by atoms with Gasteiger partial charge in [-0.2, -0.15) is 0 Å². The minimum Gasteiger partial charge on any atom is -0.493 e. The molecule has 2 aromatic carbocycles. The highest BCUT2D eigenvalue weighted by molar-refractivity contribution is 5.99. The smallest absolute Gasteiger partial charge is 0.286 e. The van der Waals surface area contributed by atoms with Gasteiger partial charge in [0.1, 0.15) is 5.56 Å². The summed E-state index contributed by atoms with van der Waals surface area (Å²) in [6, 6.07) is 8.34. The average Bonchev–Trinajstić information content (AvgIpc) is 3.40. The van der Waals surface area contributed by atoms with Crippen molar-refractivity contribution in [2.45, 2.75) is 12.3 Å². The van der Waals surface area contributed by atoms with Gasteiger partial charge in [-0.25, -0.2) is 0 Å². The Morgan fingerprint density at radius 1 is 1.14 bits per heavy atom. The average molecular weight is 400 g/mol. The van der Waals surface area contributed by atoms with E-state index in [0.717, 1.165) is 12.0 Å². The zero-order chi connectivity index (χ0) is 20.5. The predicted molar refractivity (Wildman–Crippen MR) is 102 cm³/mol. The zero-order valence-electron chi connectivity index (χ0n) is 16.0. The Bertz CT molecular complexity index is 976. The van der Waals surface area contributed by atoms with Crippen LogP contribution in [0.1, 0.15) is 28.3 Å². The van der Waals surface area contributed by atoms with Crippen LogP contribution in [-0.4, -0.2) is 49.8 Å². The molecular weight excluding hydrogens is 380 g/mol. The van der Waals surface area contributed by atoms with E-state index < -0.39 is 10.8 Å². The van der Waals surface area contributed by atoms with E-state index >= 15 is 0 Å². The number of ether oxygens (including phenoxy) is 4. The molecule has 9 heteroatoms. The fourth-order valence-corrected chi connectivity index (χ4v) is 3.74. The monoisotopic (exact) mass is 400 g/mol. The first-order chi connectivity index (χ1) is 14.0. The second-order valence-corrected chi connectivity index (χ2v) is 6.83. The predicted octanol–water partition coefficient (Wildman–Crippen LogP) is 2.97. The van der Waals surface area contributed by atoms with Crippen LogP contribution in [0.25, 0.3) is 0 Å². The van der Waals surface area contributed by atoms with Crippen LogP contribution >= 0.6 is 0 Å². The standard InChI is InChI=1S/C20H20N2O7/c1-26-17-8-14(15(22(24)25)9-18(17)27-2)20(23)21-6-5-13(10-21)12-3-4-16-19(7-12)29-11-28-16/h3-4,7-9,13H,5-6,10-11H2,1-2H3. The molecule has 0 N–H and O–H groups in total. The largest absolute Gasteiger partial charge is 0.493 e. The van der Waals surface area contributed by atoms with Gasteiger partial charge in [0.2, 0.25) is 6.79 Å². The number of hydrogen-bond donors (Lipinski definition) is 0. The van der Waals surface area contributed by atoms with Crippen LogP contribution in [0.2, 0.25) is 0 Å². The third kappa shape index (κ3) is 3.39. The Kier molecular flexibility index (Phi) is 4.87. The van der Waals surface area contributed by atoms with Crippen molar-refractivity contribution in [1.82, 2.24) is 4.90 Å². The van der Waals surface area contributed by atoms with E-state index in [9.17, 15) is 14.9 Å². The molecule has 29 heavy (non-hydrogen) atoms. The quantitative estimate of drug-likeness (QED) is 0.562. The maximum Gasteiger partial charge on any atom is 0.286 e. The number of carbonyl (C=O) groups excluding carboxylic acids is 1. The van der Waals surface area contributed by atoms with Crippen molar-refractivity contribution in [1.29, 1.82) is 0 Å². The third-order valence-corrected chi connectivity index (χ3v) is 5.27. The number of nitrogens with zero attached hydrogens (tertiary/aromatic N) is 2. The molecule has 4 rings (SSSR count). The van der Waals surface area contributed by atoms with E-state index in [1.165, 1.54) is 26.4 Å². The molecule has 1 unspecified atom stereocenters. The molecule has 1 atom stereocenters. The number of hydrogen-bond acceptors (Lipinski definition) is 7. The molecule has 2 aliphatic rings. The molecule has 152 valence electrons. The van der Waals surface area contributed by atoms with Gasteiger partial charge in [-0.05, 0) is 24.1 Å².